The maximum atomic E-state index is 13.8. The molecule has 4 nitrogen and oxygen atoms in total. The van der Waals surface area contributed by atoms with Gasteiger partial charge in [0.1, 0.15) is 6.04 Å². The van der Waals surface area contributed by atoms with Crippen LogP contribution in [0.25, 0.3) is 0 Å². The van der Waals surface area contributed by atoms with E-state index in [1.807, 2.05) is 81.4 Å². The van der Waals surface area contributed by atoms with E-state index in [1.54, 1.807) is 17.0 Å². The lowest BCUT2D eigenvalue weighted by atomic mass is 10.00. The molecule has 2 atom stereocenters. The number of hydrogen-bond acceptors (Lipinski definition) is 2. The molecule has 0 aliphatic carbocycles. The fourth-order valence-electron chi connectivity index (χ4n) is 3.90. The smallest absolute Gasteiger partial charge is 0.243 e. The van der Waals surface area contributed by atoms with E-state index < -0.39 is 6.04 Å². The van der Waals surface area contributed by atoms with Crippen LogP contribution in [0, 0.1) is 6.92 Å². The largest absolute Gasteiger partial charge is 0.352 e. The Morgan fingerprint density at radius 1 is 0.943 bits per heavy atom. The van der Waals surface area contributed by atoms with Crippen LogP contribution in [0.1, 0.15) is 42.5 Å². The van der Waals surface area contributed by atoms with Crippen LogP contribution in [-0.4, -0.2) is 28.8 Å². The summed E-state index contributed by atoms with van der Waals surface area (Å²) in [5.41, 5.74) is 3.69. The average molecular weight is 511 g/mol. The van der Waals surface area contributed by atoms with E-state index in [9.17, 15) is 9.59 Å². The van der Waals surface area contributed by atoms with E-state index in [1.165, 1.54) is 0 Å². The lowest BCUT2D eigenvalue weighted by molar-refractivity contribution is -0.141. The summed E-state index contributed by atoms with van der Waals surface area (Å²) in [7, 11) is 0. The molecule has 0 bridgehead atoms. The van der Waals surface area contributed by atoms with Crippen molar-refractivity contribution in [1.29, 1.82) is 0 Å². The third-order valence-electron chi connectivity index (χ3n) is 6.23. The lowest BCUT2D eigenvalue weighted by Crippen LogP contribution is -2.52. The quantitative estimate of drug-likeness (QED) is 0.343. The van der Waals surface area contributed by atoms with Crippen molar-refractivity contribution >= 4 is 35.0 Å². The molecule has 0 aliphatic rings. The zero-order valence-electron chi connectivity index (χ0n) is 20.4. The van der Waals surface area contributed by atoms with Crippen LogP contribution in [0.2, 0.25) is 10.0 Å². The molecule has 35 heavy (non-hydrogen) atoms. The Labute approximate surface area is 218 Å². The number of nitrogens with one attached hydrogen (secondary N) is 1. The molecule has 1 N–H and O–H groups in total. The maximum absolute atomic E-state index is 13.8. The molecule has 0 radical (unpaired) electrons. The monoisotopic (exact) mass is 510 g/mol. The van der Waals surface area contributed by atoms with Crippen molar-refractivity contribution in [3.05, 3.63) is 105 Å². The Kier molecular flexibility index (Phi) is 9.76. The van der Waals surface area contributed by atoms with Gasteiger partial charge in [0.15, 0.2) is 0 Å². The summed E-state index contributed by atoms with van der Waals surface area (Å²) >= 11 is 12.6. The van der Waals surface area contributed by atoms with Gasteiger partial charge in [0.2, 0.25) is 11.8 Å². The van der Waals surface area contributed by atoms with Crippen molar-refractivity contribution in [2.45, 2.75) is 58.7 Å². The number of halogens is 2. The predicted octanol–water partition coefficient (Wildman–Crippen LogP) is 6.40. The molecule has 0 unspecified atom stereocenters. The van der Waals surface area contributed by atoms with Crippen molar-refractivity contribution in [1.82, 2.24) is 10.2 Å². The first kappa shape index (κ1) is 26.8. The fourth-order valence-corrected chi connectivity index (χ4v) is 4.37. The minimum atomic E-state index is -0.699. The van der Waals surface area contributed by atoms with Crippen molar-refractivity contribution in [2.24, 2.45) is 0 Å². The van der Waals surface area contributed by atoms with Crippen molar-refractivity contribution in [3.8, 4) is 0 Å². The zero-order chi connectivity index (χ0) is 25.4. The highest BCUT2D eigenvalue weighted by Gasteiger charge is 2.31. The molecular weight excluding hydrogens is 479 g/mol. The zero-order valence-corrected chi connectivity index (χ0v) is 21.9. The third-order valence-corrected chi connectivity index (χ3v) is 6.82. The van der Waals surface area contributed by atoms with E-state index in [2.05, 4.69) is 5.32 Å². The van der Waals surface area contributed by atoms with Gasteiger partial charge in [0.05, 0.1) is 6.42 Å². The second kappa shape index (κ2) is 12.8. The van der Waals surface area contributed by atoms with E-state index in [-0.39, 0.29) is 30.8 Å². The van der Waals surface area contributed by atoms with Gasteiger partial charge in [-0.05, 0) is 54.7 Å². The summed E-state index contributed by atoms with van der Waals surface area (Å²) in [6.07, 6.45) is 1.39. The molecule has 0 fully saturated rings. The van der Waals surface area contributed by atoms with Crippen LogP contribution in [-0.2, 0) is 29.0 Å². The Hall–Kier alpha value is -2.82. The van der Waals surface area contributed by atoms with Gasteiger partial charge < -0.3 is 10.2 Å². The van der Waals surface area contributed by atoms with E-state index >= 15 is 0 Å². The molecule has 0 saturated heterocycles. The summed E-state index contributed by atoms with van der Waals surface area (Å²) in [5.74, 6) is -0.308. The number of amides is 2. The molecule has 0 saturated carbocycles. The number of nitrogens with zero attached hydrogens (tertiary/aromatic N) is 1. The SMILES string of the molecule is CC[C@H](C)NC(=O)[C@@H](Cc1ccccc1)N(Cc1ccc(Cl)cc1Cl)C(=O)Cc1ccccc1C. The second-order valence-corrected chi connectivity index (χ2v) is 9.73. The highest BCUT2D eigenvalue weighted by molar-refractivity contribution is 6.35. The summed E-state index contributed by atoms with van der Waals surface area (Å²) in [6.45, 7) is 6.17. The molecule has 0 heterocycles. The third kappa shape index (κ3) is 7.58. The van der Waals surface area contributed by atoms with Crippen LogP contribution < -0.4 is 5.32 Å². The summed E-state index contributed by atoms with van der Waals surface area (Å²) in [5, 5.41) is 4.07. The van der Waals surface area contributed by atoms with E-state index in [4.69, 9.17) is 23.2 Å². The highest BCUT2D eigenvalue weighted by Crippen LogP contribution is 2.25. The van der Waals surface area contributed by atoms with E-state index in [0.717, 1.165) is 28.7 Å². The van der Waals surface area contributed by atoms with Gasteiger partial charge in [-0.2, -0.15) is 0 Å². The van der Waals surface area contributed by atoms with Crippen LogP contribution in [0.5, 0.6) is 0 Å². The molecule has 2 amide bonds. The molecule has 0 aromatic heterocycles. The summed E-state index contributed by atoms with van der Waals surface area (Å²) in [6, 6.07) is 22.1. The van der Waals surface area contributed by atoms with Crippen LogP contribution >= 0.6 is 23.2 Å². The highest BCUT2D eigenvalue weighted by atomic mass is 35.5. The molecule has 3 aromatic carbocycles. The Bertz CT molecular complexity index is 1150. The fraction of sp³-hybridized carbons (Fsp3) is 0.310. The first-order chi connectivity index (χ1) is 16.8. The van der Waals surface area contributed by atoms with Gasteiger partial charge in [-0.1, -0.05) is 90.8 Å². The van der Waals surface area contributed by atoms with Gasteiger partial charge in [-0.15, -0.1) is 0 Å². The standard InChI is InChI=1S/C29H32Cl2N2O2/c1-4-21(3)32-29(35)27(16-22-11-6-5-7-12-22)33(19-24-14-15-25(30)18-26(24)31)28(34)17-23-13-9-8-10-20(23)2/h5-15,18,21,27H,4,16-17,19H2,1-3H3,(H,32,35)/t21-,27+/m0/s1. The molecule has 184 valence electrons. The Morgan fingerprint density at radius 3 is 2.29 bits per heavy atom. The summed E-state index contributed by atoms with van der Waals surface area (Å²) in [4.78, 5) is 29.0. The minimum absolute atomic E-state index is 0.00628. The first-order valence-electron chi connectivity index (χ1n) is 11.9. The second-order valence-electron chi connectivity index (χ2n) is 8.88. The number of carbonyl (C=O) groups is 2. The average Bonchev–Trinajstić information content (AvgIpc) is 2.84. The Morgan fingerprint density at radius 2 is 1.63 bits per heavy atom. The topological polar surface area (TPSA) is 49.4 Å². The van der Waals surface area contributed by atoms with Gasteiger partial charge in [-0.25, -0.2) is 0 Å². The van der Waals surface area contributed by atoms with Crippen LogP contribution in [0.15, 0.2) is 72.8 Å². The van der Waals surface area contributed by atoms with Crippen molar-refractivity contribution in [2.75, 3.05) is 0 Å². The van der Waals surface area contributed by atoms with Gasteiger partial charge in [0.25, 0.3) is 0 Å². The number of aryl methyl sites for hydroxylation is 1. The molecule has 6 heteroatoms. The molecule has 3 rings (SSSR count). The Balaban J connectivity index is 2.01. The molecule has 3 aromatic rings. The molecule has 0 aliphatic heterocycles. The van der Waals surface area contributed by atoms with Gasteiger partial charge in [0, 0.05) is 29.1 Å². The van der Waals surface area contributed by atoms with Gasteiger partial charge >= 0.3 is 0 Å². The number of benzene rings is 3. The first-order valence-corrected chi connectivity index (χ1v) is 12.7. The lowest BCUT2D eigenvalue weighted by Gasteiger charge is -2.33. The minimum Gasteiger partial charge on any atom is -0.352 e. The van der Waals surface area contributed by atoms with Crippen molar-refractivity contribution < 1.29 is 9.59 Å². The normalized spacial score (nSPS) is 12.6. The van der Waals surface area contributed by atoms with Gasteiger partial charge in [-0.3, -0.25) is 9.59 Å². The van der Waals surface area contributed by atoms with E-state index in [0.29, 0.717) is 16.5 Å². The maximum Gasteiger partial charge on any atom is 0.243 e. The molecular formula is C29H32Cl2N2O2. The number of carbonyl (C=O) groups excluding carboxylic acids is 2. The number of rotatable bonds is 10. The van der Waals surface area contributed by atoms with Crippen LogP contribution in [0.4, 0.5) is 0 Å². The number of hydrogen-bond donors (Lipinski definition) is 1. The predicted molar refractivity (Wildman–Crippen MR) is 144 cm³/mol. The molecule has 0 spiro atoms. The summed E-state index contributed by atoms with van der Waals surface area (Å²) < 4.78 is 0. The van der Waals surface area contributed by atoms with Crippen LogP contribution in [0.3, 0.4) is 0 Å². The van der Waals surface area contributed by atoms with Crippen molar-refractivity contribution in [3.63, 3.8) is 0 Å².